The highest BCUT2D eigenvalue weighted by Crippen LogP contribution is 2.23. The highest BCUT2D eigenvalue weighted by Gasteiger charge is 2.21. The molecule has 1 aliphatic rings. The molecule has 0 aliphatic carbocycles. The molecule has 2 N–H and O–H groups in total. The van der Waals surface area contributed by atoms with Crippen molar-refractivity contribution in [3.8, 4) is 0 Å². The van der Waals surface area contributed by atoms with Gasteiger partial charge < -0.3 is 10.6 Å². The first-order valence-electron chi connectivity index (χ1n) is 8.57. The summed E-state index contributed by atoms with van der Waals surface area (Å²) in [5.74, 6) is -0.567. The van der Waals surface area contributed by atoms with Gasteiger partial charge in [0.2, 0.25) is 11.8 Å². The molecule has 1 aliphatic heterocycles. The average molecular weight is 352 g/mol. The number of amides is 2. The van der Waals surface area contributed by atoms with Gasteiger partial charge in [-0.15, -0.1) is 0 Å². The number of piperidine rings is 1. The number of carbonyl (C=O) groups is 2. The third-order valence-electron chi connectivity index (χ3n) is 4.55. The van der Waals surface area contributed by atoms with E-state index >= 15 is 0 Å². The van der Waals surface area contributed by atoms with Crippen molar-refractivity contribution in [2.75, 3.05) is 25.0 Å². The Morgan fingerprint density at radius 1 is 1.29 bits per heavy atom. The van der Waals surface area contributed by atoms with Crippen molar-refractivity contribution < 1.29 is 9.59 Å². The molecule has 0 radical (unpaired) electrons. The number of nitrogens with zero attached hydrogens (tertiary/aromatic N) is 1. The predicted molar refractivity (Wildman–Crippen MR) is 97.3 cm³/mol. The summed E-state index contributed by atoms with van der Waals surface area (Å²) in [4.78, 5) is 26.4. The van der Waals surface area contributed by atoms with Crippen LogP contribution in [0.5, 0.6) is 0 Å². The van der Waals surface area contributed by atoms with E-state index in [1.54, 1.807) is 18.2 Å². The van der Waals surface area contributed by atoms with Crippen molar-refractivity contribution in [2.45, 2.75) is 45.6 Å². The van der Waals surface area contributed by atoms with Gasteiger partial charge in [0.1, 0.15) is 6.42 Å². The van der Waals surface area contributed by atoms with Crippen molar-refractivity contribution in [1.82, 2.24) is 10.2 Å². The number of carbonyl (C=O) groups excluding carboxylic acids is 2. The Labute approximate surface area is 148 Å². The zero-order chi connectivity index (χ0) is 17.5. The molecule has 0 spiro atoms. The van der Waals surface area contributed by atoms with Crippen molar-refractivity contribution in [2.24, 2.45) is 0 Å². The predicted octanol–water partition coefficient (Wildman–Crippen LogP) is 2.97. The molecule has 132 valence electrons. The first kappa shape index (κ1) is 18.7. The standard InChI is InChI=1S/C18H26ClN3O2/c1-3-22-10-5-4-7-14(22)12-20-17(23)11-18(24)21-16-9-6-8-15(19)13(16)2/h6,8-9,14H,3-5,7,10-12H2,1-2H3,(H,20,23)(H,21,24). The quantitative estimate of drug-likeness (QED) is 0.774. The van der Waals surface area contributed by atoms with Gasteiger partial charge >= 0.3 is 0 Å². The van der Waals surface area contributed by atoms with Crippen LogP contribution in [0.3, 0.4) is 0 Å². The van der Waals surface area contributed by atoms with Gasteiger partial charge in [0, 0.05) is 23.3 Å². The van der Waals surface area contributed by atoms with Crippen LogP contribution < -0.4 is 10.6 Å². The molecule has 6 heteroatoms. The highest BCUT2D eigenvalue weighted by atomic mass is 35.5. The van der Waals surface area contributed by atoms with Gasteiger partial charge in [-0.05, 0) is 50.6 Å². The lowest BCUT2D eigenvalue weighted by Crippen LogP contribution is -2.46. The van der Waals surface area contributed by atoms with Crippen LogP contribution in [0.25, 0.3) is 0 Å². The average Bonchev–Trinajstić information content (AvgIpc) is 2.57. The second-order valence-corrected chi connectivity index (χ2v) is 6.63. The van der Waals surface area contributed by atoms with Gasteiger partial charge in [0.15, 0.2) is 0 Å². The van der Waals surface area contributed by atoms with E-state index in [4.69, 9.17) is 11.6 Å². The lowest BCUT2D eigenvalue weighted by atomic mass is 10.0. The first-order chi connectivity index (χ1) is 11.5. The lowest BCUT2D eigenvalue weighted by Gasteiger charge is -2.34. The number of anilines is 1. The third kappa shape index (κ3) is 5.21. The number of halogens is 1. The molecular weight excluding hydrogens is 326 g/mol. The Morgan fingerprint density at radius 2 is 2.08 bits per heavy atom. The second kappa shape index (κ2) is 9.04. The van der Waals surface area contributed by atoms with Crippen LogP contribution in [0.2, 0.25) is 5.02 Å². The minimum atomic E-state index is -0.325. The maximum atomic E-state index is 12.0. The summed E-state index contributed by atoms with van der Waals surface area (Å²) in [6.45, 7) is 6.66. The number of hydrogen-bond donors (Lipinski definition) is 2. The molecule has 0 bridgehead atoms. The van der Waals surface area contributed by atoms with E-state index in [1.807, 2.05) is 6.92 Å². The summed E-state index contributed by atoms with van der Waals surface area (Å²) >= 11 is 6.03. The van der Waals surface area contributed by atoms with Crippen molar-refractivity contribution in [3.05, 3.63) is 28.8 Å². The largest absolute Gasteiger partial charge is 0.354 e. The summed E-state index contributed by atoms with van der Waals surface area (Å²) < 4.78 is 0. The number of rotatable bonds is 6. The van der Waals surface area contributed by atoms with Gasteiger partial charge in [-0.3, -0.25) is 14.5 Å². The molecule has 1 aromatic carbocycles. The second-order valence-electron chi connectivity index (χ2n) is 6.22. The summed E-state index contributed by atoms with van der Waals surface area (Å²) in [5.41, 5.74) is 1.44. The molecule has 2 amide bonds. The molecule has 1 fully saturated rings. The maximum absolute atomic E-state index is 12.0. The van der Waals surface area contributed by atoms with Crippen LogP contribution in [0.15, 0.2) is 18.2 Å². The van der Waals surface area contributed by atoms with Crippen molar-refractivity contribution >= 4 is 29.1 Å². The lowest BCUT2D eigenvalue weighted by molar-refractivity contribution is -0.127. The minimum Gasteiger partial charge on any atom is -0.354 e. The smallest absolute Gasteiger partial charge is 0.233 e. The number of hydrogen-bond acceptors (Lipinski definition) is 3. The molecule has 1 heterocycles. The number of likely N-dealkylation sites (N-methyl/N-ethyl adjacent to an activating group) is 1. The van der Waals surface area contributed by atoms with Gasteiger partial charge in [0.25, 0.3) is 0 Å². The molecule has 1 saturated heterocycles. The molecular formula is C18H26ClN3O2. The van der Waals surface area contributed by atoms with E-state index in [9.17, 15) is 9.59 Å². The molecule has 1 unspecified atom stereocenters. The summed E-state index contributed by atoms with van der Waals surface area (Å²) in [6, 6.07) is 5.69. The van der Waals surface area contributed by atoms with Crippen molar-refractivity contribution in [3.63, 3.8) is 0 Å². The van der Waals surface area contributed by atoms with Gasteiger partial charge in [-0.25, -0.2) is 0 Å². The normalized spacial score (nSPS) is 18.2. The Morgan fingerprint density at radius 3 is 2.83 bits per heavy atom. The Bertz CT molecular complexity index is 592. The van der Waals surface area contributed by atoms with Crippen LogP contribution in [-0.4, -0.2) is 42.4 Å². The van der Waals surface area contributed by atoms with E-state index in [0.717, 1.165) is 25.1 Å². The van der Waals surface area contributed by atoms with E-state index in [1.165, 1.54) is 12.8 Å². The molecule has 0 saturated carbocycles. The summed E-state index contributed by atoms with van der Waals surface area (Å²) in [7, 11) is 0. The van der Waals surface area contributed by atoms with Crippen LogP contribution in [0.4, 0.5) is 5.69 Å². The van der Waals surface area contributed by atoms with Gasteiger partial charge in [-0.2, -0.15) is 0 Å². The molecule has 0 aromatic heterocycles. The van der Waals surface area contributed by atoms with Crippen LogP contribution >= 0.6 is 11.6 Å². The van der Waals surface area contributed by atoms with E-state index in [0.29, 0.717) is 23.3 Å². The molecule has 2 rings (SSSR count). The highest BCUT2D eigenvalue weighted by molar-refractivity contribution is 6.31. The molecule has 24 heavy (non-hydrogen) atoms. The first-order valence-corrected chi connectivity index (χ1v) is 8.94. The number of nitrogens with one attached hydrogen (secondary N) is 2. The van der Waals surface area contributed by atoms with Crippen molar-refractivity contribution in [1.29, 1.82) is 0 Å². The fourth-order valence-electron chi connectivity index (χ4n) is 3.08. The Kier molecular flexibility index (Phi) is 7.06. The number of benzene rings is 1. The SMILES string of the molecule is CCN1CCCCC1CNC(=O)CC(=O)Nc1cccc(Cl)c1C. The van der Waals surface area contributed by atoms with E-state index in [2.05, 4.69) is 22.5 Å². The van der Waals surface area contributed by atoms with Gasteiger partial charge in [-0.1, -0.05) is 31.0 Å². The van der Waals surface area contributed by atoms with Crippen LogP contribution in [0.1, 0.15) is 38.2 Å². The Balaban J connectivity index is 1.79. The third-order valence-corrected chi connectivity index (χ3v) is 4.96. The zero-order valence-corrected chi connectivity index (χ0v) is 15.2. The van der Waals surface area contributed by atoms with Crippen LogP contribution in [-0.2, 0) is 9.59 Å². The summed E-state index contributed by atoms with van der Waals surface area (Å²) in [5, 5.41) is 6.23. The minimum absolute atomic E-state index is 0.176. The summed E-state index contributed by atoms with van der Waals surface area (Å²) in [6.07, 6.45) is 3.35. The fourth-order valence-corrected chi connectivity index (χ4v) is 3.26. The zero-order valence-electron chi connectivity index (χ0n) is 14.4. The van der Waals surface area contributed by atoms with E-state index < -0.39 is 0 Å². The fraction of sp³-hybridized carbons (Fsp3) is 0.556. The Hall–Kier alpha value is -1.59. The molecule has 1 atom stereocenters. The molecule has 1 aromatic rings. The maximum Gasteiger partial charge on any atom is 0.233 e. The monoisotopic (exact) mass is 351 g/mol. The molecule has 5 nitrogen and oxygen atoms in total. The topological polar surface area (TPSA) is 61.4 Å². The number of likely N-dealkylation sites (tertiary alicyclic amines) is 1. The van der Waals surface area contributed by atoms with E-state index in [-0.39, 0.29) is 18.2 Å². The van der Waals surface area contributed by atoms with Crippen LogP contribution in [0, 0.1) is 6.92 Å². The van der Waals surface area contributed by atoms with Gasteiger partial charge in [0.05, 0.1) is 0 Å².